The van der Waals surface area contributed by atoms with E-state index in [-0.39, 0.29) is 5.82 Å². The zero-order chi connectivity index (χ0) is 21.3. The van der Waals surface area contributed by atoms with E-state index in [9.17, 15) is 4.39 Å². The lowest BCUT2D eigenvalue weighted by molar-refractivity contribution is 0.331. The molecule has 1 unspecified atom stereocenters. The van der Waals surface area contributed by atoms with E-state index in [1.165, 1.54) is 30.0 Å². The molecule has 0 amide bonds. The fraction of sp³-hybridized carbons (Fsp3) is 0.481. The van der Waals surface area contributed by atoms with Gasteiger partial charge in [-0.2, -0.15) is 0 Å². The summed E-state index contributed by atoms with van der Waals surface area (Å²) in [5.41, 5.74) is 8.05. The van der Waals surface area contributed by atoms with E-state index in [0.29, 0.717) is 22.3 Å². The van der Waals surface area contributed by atoms with Crippen LogP contribution < -0.4 is 0 Å². The zero-order valence-electron chi connectivity index (χ0n) is 19.0. The Hall–Kier alpha value is -1.89. The molecule has 2 aromatic rings. The van der Waals surface area contributed by atoms with Gasteiger partial charge in [-0.05, 0) is 78.3 Å². The normalized spacial score (nSPS) is 17.8. The second kappa shape index (κ2) is 8.23. The third kappa shape index (κ3) is 4.93. The van der Waals surface area contributed by atoms with Crippen LogP contribution in [0.3, 0.4) is 0 Å². The molecule has 1 aliphatic carbocycles. The summed E-state index contributed by atoms with van der Waals surface area (Å²) in [5, 5.41) is 0. The fourth-order valence-electron chi connectivity index (χ4n) is 3.86. The van der Waals surface area contributed by atoms with Crippen LogP contribution in [0.4, 0.5) is 4.39 Å². The van der Waals surface area contributed by atoms with Crippen LogP contribution in [0.15, 0.2) is 48.6 Å². The number of fused-ring (bicyclic) bond motifs is 1. The molecule has 1 aliphatic rings. The number of allylic oxidation sites excluding steroid dienone is 1. The van der Waals surface area contributed by atoms with E-state index in [2.05, 4.69) is 66.3 Å². The van der Waals surface area contributed by atoms with E-state index < -0.39 is 0 Å². The molecule has 0 nitrogen and oxygen atoms in total. The monoisotopic (exact) mass is 380 g/mol. The van der Waals surface area contributed by atoms with Crippen molar-refractivity contribution in [1.29, 1.82) is 0 Å². The smallest absolute Gasteiger partial charge is 0.126 e. The van der Waals surface area contributed by atoms with Gasteiger partial charge < -0.3 is 0 Å². The highest BCUT2D eigenvalue weighted by Gasteiger charge is 2.37. The van der Waals surface area contributed by atoms with Gasteiger partial charge in [0.25, 0.3) is 0 Å². The van der Waals surface area contributed by atoms with Crippen LogP contribution in [0.25, 0.3) is 0 Å². The van der Waals surface area contributed by atoms with Crippen molar-refractivity contribution in [2.24, 2.45) is 0 Å². The molecule has 0 N–H and O–H groups in total. The summed E-state index contributed by atoms with van der Waals surface area (Å²) in [6.07, 6.45) is 2.56. The minimum absolute atomic E-state index is 0.116. The number of halogens is 1. The number of rotatable bonds is 2. The first-order valence-electron chi connectivity index (χ1n) is 10.4. The van der Waals surface area contributed by atoms with Crippen molar-refractivity contribution in [3.05, 3.63) is 82.2 Å². The average Bonchev–Trinajstić information content (AvgIpc) is 2.62. The summed E-state index contributed by atoms with van der Waals surface area (Å²) in [6.45, 7) is 21.7. The summed E-state index contributed by atoms with van der Waals surface area (Å²) < 4.78 is 12.6. The molecule has 152 valence electrons. The van der Waals surface area contributed by atoms with E-state index in [0.717, 1.165) is 5.56 Å². The van der Waals surface area contributed by atoms with Crippen molar-refractivity contribution < 1.29 is 4.39 Å². The van der Waals surface area contributed by atoms with Crippen LogP contribution >= 0.6 is 0 Å². The molecule has 0 aromatic heterocycles. The zero-order valence-corrected chi connectivity index (χ0v) is 19.0. The van der Waals surface area contributed by atoms with Crippen LogP contribution in [-0.2, 0) is 10.8 Å². The Morgan fingerprint density at radius 1 is 0.929 bits per heavy atom. The topological polar surface area (TPSA) is 0 Å². The fourth-order valence-corrected chi connectivity index (χ4v) is 3.86. The van der Waals surface area contributed by atoms with Gasteiger partial charge in [-0.3, -0.25) is 0 Å². The van der Waals surface area contributed by atoms with E-state index in [1.807, 2.05) is 13.0 Å². The Labute approximate surface area is 171 Å². The van der Waals surface area contributed by atoms with Gasteiger partial charge in [0.15, 0.2) is 0 Å². The van der Waals surface area contributed by atoms with Gasteiger partial charge >= 0.3 is 0 Å². The van der Waals surface area contributed by atoms with Crippen molar-refractivity contribution in [2.45, 2.75) is 85.0 Å². The van der Waals surface area contributed by atoms with Gasteiger partial charge in [-0.25, -0.2) is 4.39 Å². The average molecular weight is 381 g/mol. The third-order valence-electron chi connectivity index (χ3n) is 6.44. The number of hydrogen-bond donors (Lipinski definition) is 0. The maximum absolute atomic E-state index is 12.6. The predicted molar refractivity (Wildman–Crippen MR) is 121 cm³/mol. The lowest BCUT2D eigenvalue weighted by atomic mass is 9.62. The van der Waals surface area contributed by atoms with E-state index >= 15 is 0 Å². The molecule has 0 saturated heterocycles. The van der Waals surface area contributed by atoms with Crippen molar-refractivity contribution >= 4 is 0 Å². The quantitative estimate of drug-likeness (QED) is 0.461. The van der Waals surface area contributed by atoms with Gasteiger partial charge in [0.05, 0.1) is 0 Å². The van der Waals surface area contributed by atoms with Crippen LogP contribution in [0, 0.1) is 19.7 Å². The maximum atomic E-state index is 12.6. The predicted octanol–water partition coefficient (Wildman–Crippen LogP) is 8.16. The summed E-state index contributed by atoms with van der Waals surface area (Å²) in [7, 11) is 0. The highest BCUT2D eigenvalue weighted by atomic mass is 19.1. The highest BCUT2D eigenvalue weighted by Crippen LogP contribution is 2.46. The maximum Gasteiger partial charge on any atom is 0.126 e. The molecule has 28 heavy (non-hydrogen) atoms. The Morgan fingerprint density at radius 2 is 1.50 bits per heavy atom. The molecule has 1 heteroatoms. The largest absolute Gasteiger partial charge is 0.207 e. The van der Waals surface area contributed by atoms with Crippen molar-refractivity contribution in [3.8, 4) is 0 Å². The molecular formula is C27H37F. The third-order valence-corrected chi connectivity index (χ3v) is 6.44. The number of benzene rings is 2. The summed E-state index contributed by atoms with van der Waals surface area (Å²) in [5.74, 6) is 0.334. The van der Waals surface area contributed by atoms with Crippen LogP contribution in [0.1, 0.15) is 88.1 Å². The van der Waals surface area contributed by atoms with Crippen LogP contribution in [0.5, 0.6) is 0 Å². The molecule has 0 heterocycles. The highest BCUT2D eigenvalue weighted by molar-refractivity contribution is 5.45. The number of aryl methyl sites for hydroxylation is 2. The van der Waals surface area contributed by atoms with Gasteiger partial charge in [0, 0.05) is 5.92 Å². The standard InChI is InChI=1S/C19H28.C8H9F/c1-13(2)14(3)15-8-9-16-17(12-15)19(6,7)11-10-18(16,4)5;1-6-3-4-7(2)8(9)5-6/h8-9,12,14H,1,10-11H2,2-7H3;3-5H,1-2H3. The van der Waals surface area contributed by atoms with Gasteiger partial charge in [-0.1, -0.05) is 77.1 Å². The summed E-state index contributed by atoms with van der Waals surface area (Å²) >= 11 is 0. The van der Waals surface area contributed by atoms with E-state index in [1.54, 1.807) is 24.1 Å². The first-order chi connectivity index (χ1) is 12.8. The molecular weight excluding hydrogens is 343 g/mol. The van der Waals surface area contributed by atoms with Gasteiger partial charge in [0.2, 0.25) is 0 Å². The Bertz CT molecular complexity index is 855. The Balaban J connectivity index is 0.000000261. The molecule has 2 aromatic carbocycles. The summed E-state index contributed by atoms with van der Waals surface area (Å²) in [4.78, 5) is 0. The molecule has 3 rings (SSSR count). The molecule has 1 atom stereocenters. The lowest BCUT2D eigenvalue weighted by Gasteiger charge is -2.42. The van der Waals surface area contributed by atoms with Gasteiger partial charge in [0.1, 0.15) is 5.82 Å². The first-order valence-corrected chi connectivity index (χ1v) is 10.4. The summed E-state index contributed by atoms with van der Waals surface area (Å²) in [6, 6.07) is 12.3. The van der Waals surface area contributed by atoms with Crippen molar-refractivity contribution in [1.82, 2.24) is 0 Å². The second-order valence-corrected chi connectivity index (χ2v) is 9.89. The van der Waals surface area contributed by atoms with Crippen LogP contribution in [0.2, 0.25) is 0 Å². The minimum atomic E-state index is -0.116. The van der Waals surface area contributed by atoms with E-state index in [4.69, 9.17) is 0 Å². The minimum Gasteiger partial charge on any atom is -0.207 e. The molecule has 0 saturated carbocycles. The van der Waals surface area contributed by atoms with Crippen molar-refractivity contribution in [2.75, 3.05) is 0 Å². The molecule has 0 aliphatic heterocycles. The van der Waals surface area contributed by atoms with Crippen molar-refractivity contribution in [3.63, 3.8) is 0 Å². The molecule has 0 radical (unpaired) electrons. The Kier molecular flexibility index (Phi) is 6.58. The van der Waals surface area contributed by atoms with Crippen LogP contribution in [-0.4, -0.2) is 0 Å². The second-order valence-electron chi connectivity index (χ2n) is 9.89. The lowest BCUT2D eigenvalue weighted by Crippen LogP contribution is -2.33. The molecule has 0 spiro atoms. The first kappa shape index (κ1) is 22.4. The SMILES string of the molecule is C=C(C)C(C)c1ccc2c(c1)C(C)(C)CCC2(C)C.Cc1ccc(C)c(F)c1. The number of hydrogen-bond acceptors (Lipinski definition) is 0. The molecule has 0 fully saturated rings. The Morgan fingerprint density at radius 3 is 2.00 bits per heavy atom. The molecule has 0 bridgehead atoms. The van der Waals surface area contributed by atoms with Gasteiger partial charge in [-0.15, -0.1) is 0 Å².